The maximum absolute atomic E-state index is 10.3. The number of nitrogens with one attached hydrogen (secondary N) is 1. The Labute approximate surface area is 48.0 Å². The maximum Gasteiger partial charge on any atom is 0.407 e. The van der Waals surface area contributed by atoms with Crippen LogP contribution in [0.4, 0.5) is 4.79 Å². The van der Waals surface area contributed by atoms with Crippen molar-refractivity contribution in [3.05, 3.63) is 6.92 Å². The van der Waals surface area contributed by atoms with Gasteiger partial charge in [0.2, 0.25) is 0 Å². The molecule has 1 N–H and O–H groups in total. The van der Waals surface area contributed by atoms with Crippen LogP contribution in [0.3, 0.4) is 0 Å². The van der Waals surface area contributed by atoms with Crippen LogP contribution in [0, 0.1) is 6.92 Å². The molecule has 1 atom stereocenters. The molecule has 3 nitrogen and oxygen atoms in total. The van der Waals surface area contributed by atoms with E-state index < -0.39 is 5.54 Å². The molecule has 0 bridgehead atoms. The standard InChI is InChI=1S/C5H8NO2/c1-5(2)3-8-4(7)6-5/h1,3H2,2H3,(H,6,7)/t5-/m0/s1. The van der Waals surface area contributed by atoms with Gasteiger partial charge in [-0.25, -0.2) is 4.79 Å². The van der Waals surface area contributed by atoms with Crippen molar-refractivity contribution in [2.45, 2.75) is 12.5 Å². The number of carbonyl (C=O) groups excluding carboxylic acids is 1. The smallest absolute Gasteiger partial charge is 0.407 e. The highest BCUT2D eigenvalue weighted by atomic mass is 16.6. The van der Waals surface area contributed by atoms with Crippen LogP contribution >= 0.6 is 0 Å². The van der Waals surface area contributed by atoms with Crippen molar-refractivity contribution < 1.29 is 9.53 Å². The number of cyclic esters (lactones) is 1. The van der Waals surface area contributed by atoms with Crippen molar-refractivity contribution in [1.82, 2.24) is 5.32 Å². The third-order valence-electron chi connectivity index (χ3n) is 0.926. The van der Waals surface area contributed by atoms with Crippen LogP contribution < -0.4 is 5.32 Å². The monoisotopic (exact) mass is 114 g/mol. The lowest BCUT2D eigenvalue weighted by molar-refractivity contribution is 0.175. The normalized spacial score (nSPS) is 24.5. The molecule has 1 saturated heterocycles. The molecule has 1 amide bonds. The summed E-state index contributed by atoms with van der Waals surface area (Å²) in [6.07, 6.45) is -0.373. The number of carbonyl (C=O) groups is 1. The summed E-state index contributed by atoms with van der Waals surface area (Å²) in [7, 11) is 0. The Bertz CT molecular complexity index is 120. The Morgan fingerprint density at radius 1 is 2.00 bits per heavy atom. The predicted octanol–water partition coefficient (Wildman–Crippen LogP) is 0.319. The zero-order valence-electron chi connectivity index (χ0n) is 4.73. The molecular formula is C5H8NO2. The summed E-state index contributed by atoms with van der Waals surface area (Å²) in [6.45, 7) is 5.83. The minimum Gasteiger partial charge on any atom is -0.447 e. The molecule has 0 unspecified atom stereocenters. The van der Waals surface area contributed by atoms with E-state index in [1.807, 2.05) is 0 Å². The average Bonchev–Trinajstić information content (AvgIpc) is 1.82. The van der Waals surface area contributed by atoms with Gasteiger partial charge in [-0.3, -0.25) is 0 Å². The summed E-state index contributed by atoms with van der Waals surface area (Å²) in [6, 6.07) is 0. The van der Waals surface area contributed by atoms with Crippen LogP contribution in [0.25, 0.3) is 0 Å². The van der Waals surface area contributed by atoms with E-state index in [-0.39, 0.29) is 6.09 Å². The molecule has 45 valence electrons. The largest absolute Gasteiger partial charge is 0.447 e. The van der Waals surface area contributed by atoms with Gasteiger partial charge in [-0.05, 0) is 13.8 Å². The summed E-state index contributed by atoms with van der Waals surface area (Å²) in [5.41, 5.74) is -0.406. The zero-order chi connectivity index (χ0) is 6.20. The number of rotatable bonds is 0. The molecule has 3 heteroatoms. The highest BCUT2D eigenvalue weighted by Crippen LogP contribution is 2.08. The molecule has 0 spiro atoms. The van der Waals surface area contributed by atoms with Gasteiger partial charge in [-0.15, -0.1) is 0 Å². The number of ether oxygens (including phenoxy) is 1. The van der Waals surface area contributed by atoms with Crippen molar-refractivity contribution in [1.29, 1.82) is 0 Å². The molecule has 0 aromatic heterocycles. The quantitative estimate of drug-likeness (QED) is 0.492. The summed E-state index contributed by atoms with van der Waals surface area (Å²) in [5.74, 6) is 0. The maximum atomic E-state index is 10.3. The molecule has 1 heterocycles. The molecule has 1 aliphatic heterocycles. The molecule has 0 aromatic carbocycles. The van der Waals surface area contributed by atoms with Gasteiger partial charge in [-0.1, -0.05) is 0 Å². The molecule has 0 aromatic rings. The first-order chi connectivity index (χ1) is 3.60. The number of alkyl carbamates (subject to hydrolysis) is 1. The second-order valence-corrected chi connectivity index (χ2v) is 2.26. The molecule has 0 saturated carbocycles. The first-order valence-corrected chi connectivity index (χ1v) is 2.40. The Morgan fingerprint density at radius 3 is 2.75 bits per heavy atom. The van der Waals surface area contributed by atoms with Crippen molar-refractivity contribution >= 4 is 6.09 Å². The van der Waals surface area contributed by atoms with Gasteiger partial charge in [0, 0.05) is 0 Å². The SMILES string of the molecule is [CH2][C@]1(C)COC(=O)N1. The first kappa shape index (κ1) is 5.41. The van der Waals surface area contributed by atoms with Crippen LogP contribution in [0.15, 0.2) is 0 Å². The van der Waals surface area contributed by atoms with Gasteiger partial charge in [0.1, 0.15) is 6.61 Å². The van der Waals surface area contributed by atoms with Gasteiger partial charge in [0.25, 0.3) is 0 Å². The zero-order valence-corrected chi connectivity index (χ0v) is 4.73. The summed E-state index contributed by atoms with van der Waals surface area (Å²) in [5, 5.41) is 2.52. The lowest BCUT2D eigenvalue weighted by atomic mass is 10.1. The molecule has 8 heavy (non-hydrogen) atoms. The topological polar surface area (TPSA) is 38.3 Å². The predicted molar refractivity (Wildman–Crippen MR) is 28.2 cm³/mol. The molecule has 0 aliphatic carbocycles. The third-order valence-corrected chi connectivity index (χ3v) is 0.926. The average molecular weight is 114 g/mol. The minimum absolute atomic E-state index is 0.367. The fraction of sp³-hybridized carbons (Fsp3) is 0.600. The van der Waals surface area contributed by atoms with E-state index in [9.17, 15) is 4.79 Å². The van der Waals surface area contributed by atoms with Gasteiger partial charge in [0.15, 0.2) is 0 Å². The van der Waals surface area contributed by atoms with Gasteiger partial charge in [0.05, 0.1) is 5.54 Å². The van der Waals surface area contributed by atoms with E-state index in [1.165, 1.54) is 0 Å². The van der Waals surface area contributed by atoms with Crippen LogP contribution in [0.2, 0.25) is 0 Å². The van der Waals surface area contributed by atoms with Crippen molar-refractivity contribution in [2.24, 2.45) is 0 Å². The Balaban J connectivity index is 2.56. The van der Waals surface area contributed by atoms with Crippen LogP contribution in [-0.2, 0) is 4.74 Å². The summed E-state index contributed by atoms with van der Waals surface area (Å²) in [4.78, 5) is 10.3. The number of hydrogen-bond acceptors (Lipinski definition) is 2. The molecule has 1 radical (unpaired) electrons. The third kappa shape index (κ3) is 0.911. The van der Waals surface area contributed by atoms with E-state index >= 15 is 0 Å². The second kappa shape index (κ2) is 1.37. The van der Waals surface area contributed by atoms with Crippen LogP contribution in [-0.4, -0.2) is 18.2 Å². The van der Waals surface area contributed by atoms with E-state index in [2.05, 4.69) is 17.0 Å². The minimum atomic E-state index is -0.406. The molecule has 1 aliphatic rings. The van der Waals surface area contributed by atoms with Crippen LogP contribution in [0.1, 0.15) is 6.92 Å². The molecule has 1 fully saturated rings. The van der Waals surface area contributed by atoms with E-state index in [0.717, 1.165) is 0 Å². The summed E-state index contributed by atoms with van der Waals surface area (Å²) >= 11 is 0. The van der Waals surface area contributed by atoms with Gasteiger partial charge in [-0.2, -0.15) is 0 Å². The fourth-order valence-electron chi connectivity index (χ4n) is 0.543. The van der Waals surface area contributed by atoms with E-state index in [0.29, 0.717) is 6.61 Å². The lowest BCUT2D eigenvalue weighted by Crippen LogP contribution is -2.36. The highest BCUT2D eigenvalue weighted by molar-refractivity contribution is 5.70. The number of hydrogen-bond donors (Lipinski definition) is 1. The highest BCUT2D eigenvalue weighted by Gasteiger charge is 2.29. The van der Waals surface area contributed by atoms with Crippen LogP contribution in [0.5, 0.6) is 0 Å². The second-order valence-electron chi connectivity index (χ2n) is 2.26. The van der Waals surface area contributed by atoms with Gasteiger partial charge >= 0.3 is 6.09 Å². The Kier molecular flexibility index (Phi) is 0.927. The van der Waals surface area contributed by atoms with E-state index in [1.54, 1.807) is 6.92 Å². The lowest BCUT2D eigenvalue weighted by Gasteiger charge is -2.10. The summed E-state index contributed by atoms with van der Waals surface area (Å²) < 4.78 is 4.56. The number of amides is 1. The van der Waals surface area contributed by atoms with E-state index in [4.69, 9.17) is 0 Å². The molecular weight excluding hydrogens is 106 g/mol. The molecule has 1 rings (SSSR count). The van der Waals surface area contributed by atoms with Gasteiger partial charge < -0.3 is 10.1 Å². The first-order valence-electron chi connectivity index (χ1n) is 2.40. The van der Waals surface area contributed by atoms with Crippen molar-refractivity contribution in [2.75, 3.05) is 6.61 Å². The fourth-order valence-corrected chi connectivity index (χ4v) is 0.543. The Hall–Kier alpha value is -0.730. The van der Waals surface area contributed by atoms with Crippen molar-refractivity contribution in [3.8, 4) is 0 Å². The Morgan fingerprint density at radius 2 is 2.62 bits per heavy atom. The van der Waals surface area contributed by atoms with Crippen molar-refractivity contribution in [3.63, 3.8) is 0 Å².